The third kappa shape index (κ3) is 9.80. The van der Waals surface area contributed by atoms with Gasteiger partial charge >= 0.3 is 5.97 Å². The average Bonchev–Trinajstić information content (AvgIpc) is 3.44. The van der Waals surface area contributed by atoms with E-state index in [2.05, 4.69) is 16.0 Å². The minimum Gasteiger partial charge on any atom is -0.508 e. The molecule has 0 saturated carbocycles. The Hall–Kier alpha value is -5.07. The van der Waals surface area contributed by atoms with Crippen LogP contribution in [0.25, 0.3) is 6.08 Å². The Morgan fingerprint density at radius 3 is 2.45 bits per heavy atom. The number of nitrogens with one attached hydrogen (secondary N) is 3. The molecule has 0 spiro atoms. The Kier molecular flexibility index (Phi) is 12.9. The van der Waals surface area contributed by atoms with Gasteiger partial charge in [0.15, 0.2) is 0 Å². The Balaban J connectivity index is 1.32. The molecule has 0 aliphatic heterocycles. The van der Waals surface area contributed by atoms with Gasteiger partial charge in [-0.15, -0.1) is 23.1 Å². The highest BCUT2D eigenvalue weighted by atomic mass is 32.2. The van der Waals surface area contributed by atoms with Crippen LogP contribution in [0.3, 0.4) is 0 Å². The number of methoxy groups -OCH3 is 1. The standard InChI is InChI=1S/C39H41N3O7S2/c1-4-49-39(47)34-30-17-10-5-6-11-18-33(30)51-38(34)42-35(44)24(2)50-29-16-12-15-27(22-29)40-37(46)31(41-36(45)25-13-8-7-9-14-25)21-26-19-20-28(43)23-32(26)48-3/h7-9,12-16,19-24,43H,4-6,10-11,17-18H2,1-3H3,(H,40,46)(H,41,45)(H,42,44)/b31-21+. The fourth-order valence-corrected chi connectivity index (χ4v) is 7.87. The van der Waals surface area contributed by atoms with Crippen LogP contribution in [0, 0.1) is 0 Å². The van der Waals surface area contributed by atoms with Gasteiger partial charge in [-0.2, -0.15) is 0 Å². The molecular formula is C39H41N3O7S2. The van der Waals surface area contributed by atoms with Crippen molar-refractivity contribution < 1.29 is 33.8 Å². The van der Waals surface area contributed by atoms with Gasteiger partial charge < -0.3 is 30.5 Å². The van der Waals surface area contributed by atoms with E-state index in [1.165, 1.54) is 48.4 Å². The van der Waals surface area contributed by atoms with Gasteiger partial charge in [0.05, 0.1) is 24.5 Å². The lowest BCUT2D eigenvalue weighted by atomic mass is 9.96. The molecule has 4 N–H and O–H groups in total. The summed E-state index contributed by atoms with van der Waals surface area (Å²) in [5.41, 5.74) is 2.68. The van der Waals surface area contributed by atoms with Gasteiger partial charge in [0, 0.05) is 32.7 Å². The van der Waals surface area contributed by atoms with Crippen molar-refractivity contribution in [2.75, 3.05) is 24.4 Å². The summed E-state index contributed by atoms with van der Waals surface area (Å²) < 4.78 is 10.8. The van der Waals surface area contributed by atoms with E-state index in [1.807, 2.05) is 6.07 Å². The first kappa shape index (κ1) is 37.2. The second-order valence-corrected chi connectivity index (χ2v) is 14.4. The van der Waals surface area contributed by atoms with Crippen molar-refractivity contribution in [2.45, 2.75) is 62.5 Å². The highest BCUT2D eigenvalue weighted by Gasteiger charge is 2.27. The van der Waals surface area contributed by atoms with Crippen molar-refractivity contribution in [3.8, 4) is 11.5 Å². The van der Waals surface area contributed by atoms with Crippen LogP contribution in [0.2, 0.25) is 0 Å². The van der Waals surface area contributed by atoms with Crippen LogP contribution in [-0.2, 0) is 27.2 Å². The number of fused-ring (bicyclic) bond motifs is 1. The molecule has 0 bridgehead atoms. The van der Waals surface area contributed by atoms with Crippen LogP contribution in [0.5, 0.6) is 11.5 Å². The van der Waals surface area contributed by atoms with E-state index in [0.29, 0.717) is 33.1 Å². The minimum atomic E-state index is -0.595. The number of hydrogen-bond donors (Lipinski definition) is 4. The first-order valence-electron chi connectivity index (χ1n) is 16.8. The number of anilines is 2. The molecule has 1 atom stereocenters. The summed E-state index contributed by atoms with van der Waals surface area (Å²) in [6, 6.07) is 20.0. The van der Waals surface area contributed by atoms with Crippen molar-refractivity contribution in [3.05, 3.63) is 106 Å². The quantitative estimate of drug-likeness (QED) is 0.0657. The van der Waals surface area contributed by atoms with Gasteiger partial charge in [-0.25, -0.2) is 4.79 Å². The zero-order valence-corrected chi connectivity index (χ0v) is 30.4. The summed E-state index contributed by atoms with van der Waals surface area (Å²) in [6.07, 6.45) is 7.42. The molecule has 51 heavy (non-hydrogen) atoms. The average molecular weight is 728 g/mol. The smallest absolute Gasteiger partial charge is 0.341 e. The maximum absolute atomic E-state index is 13.7. The van der Waals surface area contributed by atoms with E-state index < -0.39 is 23.0 Å². The molecular weight excluding hydrogens is 687 g/mol. The largest absolute Gasteiger partial charge is 0.508 e. The van der Waals surface area contributed by atoms with Gasteiger partial charge in [-0.1, -0.05) is 37.1 Å². The lowest BCUT2D eigenvalue weighted by Gasteiger charge is -2.15. The molecule has 3 aromatic carbocycles. The molecule has 0 saturated heterocycles. The summed E-state index contributed by atoms with van der Waals surface area (Å²) in [5.74, 6) is -1.45. The van der Waals surface area contributed by atoms with Crippen molar-refractivity contribution in [2.24, 2.45) is 0 Å². The number of aromatic hydroxyl groups is 1. The summed E-state index contributed by atoms with van der Waals surface area (Å²) in [5, 5.41) is 18.5. The second kappa shape index (κ2) is 17.7. The van der Waals surface area contributed by atoms with E-state index in [0.717, 1.165) is 53.9 Å². The van der Waals surface area contributed by atoms with Crippen LogP contribution < -0.4 is 20.7 Å². The number of rotatable bonds is 12. The minimum absolute atomic E-state index is 0.0136. The van der Waals surface area contributed by atoms with Crippen LogP contribution in [0.4, 0.5) is 10.7 Å². The summed E-state index contributed by atoms with van der Waals surface area (Å²) in [6.45, 7) is 3.80. The molecule has 0 fully saturated rings. The van der Waals surface area contributed by atoms with Crippen LogP contribution in [0.15, 0.2) is 83.4 Å². The van der Waals surface area contributed by atoms with Crippen molar-refractivity contribution in [3.63, 3.8) is 0 Å². The first-order valence-corrected chi connectivity index (χ1v) is 18.5. The number of hydrogen-bond acceptors (Lipinski definition) is 9. The van der Waals surface area contributed by atoms with E-state index in [4.69, 9.17) is 9.47 Å². The normalized spacial score (nSPS) is 13.5. The highest BCUT2D eigenvalue weighted by Crippen LogP contribution is 2.38. The summed E-state index contributed by atoms with van der Waals surface area (Å²) in [7, 11) is 1.44. The molecule has 1 unspecified atom stereocenters. The molecule has 1 aliphatic rings. The SMILES string of the molecule is CCOC(=O)c1c(NC(=O)C(C)Sc2cccc(NC(=O)/C(=C\c3ccc(O)cc3OC)NC(=O)c3ccccc3)c2)sc2c1CCCCCC2. The number of ether oxygens (including phenoxy) is 2. The maximum atomic E-state index is 13.7. The van der Waals surface area contributed by atoms with E-state index in [-0.39, 0.29) is 24.0 Å². The number of thiophene rings is 1. The number of thioether (sulfide) groups is 1. The molecule has 4 aromatic rings. The van der Waals surface area contributed by atoms with Gasteiger partial charge in [-0.05, 0) is 93.6 Å². The molecule has 12 heteroatoms. The van der Waals surface area contributed by atoms with Crippen molar-refractivity contribution in [1.82, 2.24) is 5.32 Å². The van der Waals surface area contributed by atoms with Crippen molar-refractivity contribution in [1.29, 1.82) is 0 Å². The molecule has 1 heterocycles. The molecule has 0 radical (unpaired) electrons. The Bertz CT molecular complexity index is 1920. The van der Waals surface area contributed by atoms with Gasteiger partial charge in [-0.3, -0.25) is 14.4 Å². The molecule has 3 amide bonds. The number of amides is 3. The number of esters is 1. The molecule has 1 aliphatic carbocycles. The third-order valence-electron chi connectivity index (χ3n) is 8.21. The predicted molar refractivity (Wildman–Crippen MR) is 202 cm³/mol. The Morgan fingerprint density at radius 1 is 0.941 bits per heavy atom. The predicted octanol–water partition coefficient (Wildman–Crippen LogP) is 7.83. The van der Waals surface area contributed by atoms with E-state index in [9.17, 15) is 24.3 Å². The highest BCUT2D eigenvalue weighted by molar-refractivity contribution is 8.00. The molecule has 5 rings (SSSR count). The maximum Gasteiger partial charge on any atom is 0.341 e. The number of benzene rings is 3. The lowest BCUT2D eigenvalue weighted by molar-refractivity contribution is -0.115. The third-order valence-corrected chi connectivity index (χ3v) is 10.5. The molecule has 266 valence electrons. The van der Waals surface area contributed by atoms with Gasteiger partial charge in [0.1, 0.15) is 22.2 Å². The van der Waals surface area contributed by atoms with E-state index >= 15 is 0 Å². The van der Waals surface area contributed by atoms with Crippen molar-refractivity contribution >= 4 is 63.6 Å². The summed E-state index contributed by atoms with van der Waals surface area (Å²) in [4.78, 5) is 55.1. The topological polar surface area (TPSA) is 143 Å². The van der Waals surface area contributed by atoms with E-state index in [1.54, 1.807) is 68.4 Å². The first-order chi connectivity index (χ1) is 24.7. The monoisotopic (exact) mass is 727 g/mol. The zero-order chi connectivity index (χ0) is 36.3. The van der Waals surface area contributed by atoms with Gasteiger partial charge in [0.2, 0.25) is 5.91 Å². The number of phenols is 1. The van der Waals surface area contributed by atoms with Crippen LogP contribution in [-0.4, -0.2) is 47.8 Å². The number of carbonyl (C=O) groups excluding carboxylic acids is 4. The van der Waals surface area contributed by atoms with Crippen LogP contribution >= 0.6 is 23.1 Å². The Morgan fingerprint density at radius 2 is 1.71 bits per heavy atom. The Labute approximate surface area is 305 Å². The number of phenolic OH excluding ortho intramolecular Hbond substituents is 1. The fraction of sp³-hybridized carbons (Fsp3) is 0.282. The fourth-order valence-electron chi connectivity index (χ4n) is 5.66. The lowest BCUT2D eigenvalue weighted by Crippen LogP contribution is -2.30. The van der Waals surface area contributed by atoms with Crippen LogP contribution in [0.1, 0.15) is 76.3 Å². The number of carbonyl (C=O) groups is 4. The number of aryl methyl sites for hydroxylation is 1. The zero-order valence-electron chi connectivity index (χ0n) is 28.7. The summed E-state index contributed by atoms with van der Waals surface area (Å²) >= 11 is 2.77. The second-order valence-electron chi connectivity index (χ2n) is 11.9. The van der Waals surface area contributed by atoms with Gasteiger partial charge in [0.25, 0.3) is 11.8 Å². The molecule has 1 aromatic heterocycles. The molecule has 10 nitrogen and oxygen atoms in total.